The molecule has 3 aromatic rings. The number of hydrogen-bond donors (Lipinski definition) is 1. The van der Waals surface area contributed by atoms with Crippen molar-refractivity contribution in [1.82, 2.24) is 9.29 Å². The minimum atomic E-state index is -3.82. The smallest absolute Gasteiger partial charge is 0.255 e. The molecule has 0 radical (unpaired) electrons. The average molecular weight is 476 g/mol. The summed E-state index contributed by atoms with van der Waals surface area (Å²) >= 11 is 1.53. The molecule has 1 amide bonds. The highest BCUT2D eigenvalue weighted by Gasteiger charge is 2.25. The molecule has 8 nitrogen and oxygen atoms in total. The maximum absolute atomic E-state index is 13.1. The van der Waals surface area contributed by atoms with Gasteiger partial charge in [0.2, 0.25) is 10.0 Å². The maximum atomic E-state index is 13.1. The molecule has 1 heterocycles. The molecule has 3 rings (SSSR count). The second-order valence-corrected chi connectivity index (χ2v) is 9.62. The van der Waals surface area contributed by atoms with E-state index in [1.165, 1.54) is 42.0 Å². The molecule has 0 spiro atoms. The third-order valence-electron chi connectivity index (χ3n) is 4.65. The molecule has 1 N–H and O–H groups in total. The number of carbonyl (C=O) groups is 1. The summed E-state index contributed by atoms with van der Waals surface area (Å²) in [5, 5.41) is 5.60. The molecule has 0 saturated carbocycles. The Morgan fingerprint density at radius 1 is 1.06 bits per heavy atom. The molecule has 10 heteroatoms. The predicted molar refractivity (Wildman–Crippen MR) is 124 cm³/mol. The Balaban J connectivity index is 1.76. The van der Waals surface area contributed by atoms with Gasteiger partial charge in [-0.2, -0.15) is 4.31 Å². The Morgan fingerprint density at radius 3 is 2.34 bits per heavy atom. The molecule has 0 fully saturated rings. The monoisotopic (exact) mass is 475 g/mol. The normalized spacial score (nSPS) is 11.6. The summed E-state index contributed by atoms with van der Waals surface area (Å²) in [5.74, 6) is -0.399. The SMILES string of the molecule is COCCN(CCOC)S(=O)(=O)c1cccc(C(=O)Nc2ccc(-c3nccs3)cc2)c1. The Kier molecular flexibility index (Phi) is 8.48. The summed E-state index contributed by atoms with van der Waals surface area (Å²) in [6, 6.07) is 13.3. The van der Waals surface area contributed by atoms with Crippen molar-refractivity contribution in [1.29, 1.82) is 0 Å². The van der Waals surface area contributed by atoms with Crippen LogP contribution in [-0.4, -0.2) is 64.1 Å². The second-order valence-electron chi connectivity index (χ2n) is 6.79. The molecule has 0 atom stereocenters. The summed E-state index contributed by atoms with van der Waals surface area (Å²) in [4.78, 5) is 17.1. The van der Waals surface area contributed by atoms with E-state index in [9.17, 15) is 13.2 Å². The molecule has 0 aliphatic carbocycles. The van der Waals surface area contributed by atoms with Crippen molar-refractivity contribution in [2.24, 2.45) is 0 Å². The summed E-state index contributed by atoms with van der Waals surface area (Å²) in [6.07, 6.45) is 1.74. The number of benzene rings is 2. The minimum absolute atomic E-state index is 0.0384. The fraction of sp³-hybridized carbons (Fsp3) is 0.273. The molecule has 0 unspecified atom stereocenters. The first-order valence-corrected chi connectivity index (χ1v) is 12.2. The summed E-state index contributed by atoms with van der Waals surface area (Å²) in [6.45, 7) is 0.869. The van der Waals surface area contributed by atoms with Crippen LogP contribution in [0, 0.1) is 0 Å². The van der Waals surface area contributed by atoms with Gasteiger partial charge in [0.25, 0.3) is 5.91 Å². The number of rotatable bonds is 11. The molecule has 0 saturated heterocycles. The van der Waals surface area contributed by atoms with Crippen molar-refractivity contribution < 1.29 is 22.7 Å². The maximum Gasteiger partial charge on any atom is 0.255 e. The lowest BCUT2D eigenvalue weighted by molar-refractivity contribution is 0.102. The number of carbonyl (C=O) groups excluding carboxylic acids is 1. The molecule has 1 aromatic heterocycles. The van der Waals surface area contributed by atoms with E-state index in [0.29, 0.717) is 5.69 Å². The number of ether oxygens (including phenoxy) is 2. The van der Waals surface area contributed by atoms with Crippen LogP contribution in [0.4, 0.5) is 5.69 Å². The Labute approximate surface area is 191 Å². The number of anilines is 1. The third-order valence-corrected chi connectivity index (χ3v) is 7.36. The summed E-state index contributed by atoms with van der Waals surface area (Å²) < 4.78 is 37.6. The van der Waals surface area contributed by atoms with E-state index in [1.807, 2.05) is 17.5 Å². The van der Waals surface area contributed by atoms with Gasteiger partial charge >= 0.3 is 0 Å². The van der Waals surface area contributed by atoms with Crippen molar-refractivity contribution in [2.45, 2.75) is 4.90 Å². The van der Waals surface area contributed by atoms with Crippen molar-refractivity contribution in [3.63, 3.8) is 0 Å². The standard InChI is InChI=1S/C22H25N3O5S2/c1-29-13-11-25(12-14-30-2)32(27,28)20-5-3-4-18(16-20)21(26)24-19-8-6-17(7-9-19)22-23-10-15-31-22/h3-10,15-16H,11-14H2,1-2H3,(H,24,26). The van der Waals surface area contributed by atoms with Crippen molar-refractivity contribution >= 4 is 33.0 Å². The highest BCUT2D eigenvalue weighted by atomic mass is 32.2. The molecule has 2 aromatic carbocycles. The highest BCUT2D eigenvalue weighted by molar-refractivity contribution is 7.89. The van der Waals surface area contributed by atoms with Crippen LogP contribution in [0.25, 0.3) is 10.6 Å². The zero-order valence-electron chi connectivity index (χ0n) is 17.9. The molecule has 32 heavy (non-hydrogen) atoms. The van der Waals surface area contributed by atoms with Gasteiger partial charge < -0.3 is 14.8 Å². The largest absolute Gasteiger partial charge is 0.383 e. The number of amides is 1. The van der Waals surface area contributed by atoms with Crippen molar-refractivity contribution in [3.8, 4) is 10.6 Å². The number of methoxy groups -OCH3 is 2. The number of nitrogens with one attached hydrogen (secondary N) is 1. The van der Waals surface area contributed by atoms with Crippen LogP contribution in [0.1, 0.15) is 10.4 Å². The molecule has 0 bridgehead atoms. The number of nitrogens with zero attached hydrogens (tertiary/aromatic N) is 2. The van der Waals surface area contributed by atoms with Crippen LogP contribution in [0.2, 0.25) is 0 Å². The van der Waals surface area contributed by atoms with E-state index in [-0.39, 0.29) is 36.8 Å². The number of hydrogen-bond acceptors (Lipinski definition) is 7. The van der Waals surface area contributed by atoms with Gasteiger partial charge in [0.15, 0.2) is 0 Å². The van der Waals surface area contributed by atoms with Crippen LogP contribution in [0.3, 0.4) is 0 Å². The molecular formula is C22H25N3O5S2. The van der Waals surface area contributed by atoms with Crippen molar-refractivity contribution in [2.75, 3.05) is 45.8 Å². The second kappa shape index (κ2) is 11.3. The van der Waals surface area contributed by atoms with Crippen LogP contribution in [0.15, 0.2) is 65.0 Å². The first-order chi connectivity index (χ1) is 15.5. The van der Waals surface area contributed by atoms with Gasteiger partial charge in [-0.25, -0.2) is 13.4 Å². The van der Waals surface area contributed by atoms with Crippen molar-refractivity contribution in [3.05, 3.63) is 65.7 Å². The van der Waals surface area contributed by atoms with E-state index in [1.54, 1.807) is 30.5 Å². The number of aromatic nitrogens is 1. The van der Waals surface area contributed by atoms with E-state index >= 15 is 0 Å². The lowest BCUT2D eigenvalue weighted by atomic mass is 10.2. The fourth-order valence-corrected chi connectivity index (χ4v) is 5.05. The Bertz CT molecular complexity index is 1110. The van der Waals surface area contributed by atoms with Crippen LogP contribution in [-0.2, 0) is 19.5 Å². The van der Waals surface area contributed by atoms with Gasteiger partial charge in [0.05, 0.1) is 18.1 Å². The van der Waals surface area contributed by atoms with E-state index < -0.39 is 15.9 Å². The topological polar surface area (TPSA) is 97.8 Å². The lowest BCUT2D eigenvalue weighted by Crippen LogP contribution is -2.36. The molecule has 0 aliphatic heterocycles. The first-order valence-electron chi connectivity index (χ1n) is 9.85. The van der Waals surface area contributed by atoms with Gasteiger partial charge in [0, 0.05) is 55.7 Å². The highest BCUT2D eigenvalue weighted by Crippen LogP contribution is 2.24. The van der Waals surface area contributed by atoms with E-state index in [2.05, 4.69) is 10.3 Å². The molecule has 0 aliphatic rings. The number of sulfonamides is 1. The van der Waals surface area contributed by atoms with Gasteiger partial charge in [-0.15, -0.1) is 11.3 Å². The van der Waals surface area contributed by atoms with E-state index in [0.717, 1.165) is 10.6 Å². The number of thiazole rings is 1. The summed E-state index contributed by atoms with van der Waals surface area (Å²) in [5.41, 5.74) is 1.80. The lowest BCUT2D eigenvalue weighted by Gasteiger charge is -2.21. The summed E-state index contributed by atoms with van der Waals surface area (Å²) in [7, 11) is -0.799. The first kappa shape index (κ1) is 24.0. The third kappa shape index (κ3) is 5.99. The minimum Gasteiger partial charge on any atom is -0.383 e. The molecule has 170 valence electrons. The molecular weight excluding hydrogens is 450 g/mol. The van der Waals surface area contributed by atoms with Gasteiger partial charge in [0.1, 0.15) is 5.01 Å². The zero-order valence-corrected chi connectivity index (χ0v) is 19.5. The van der Waals surface area contributed by atoms with Crippen LogP contribution in [0.5, 0.6) is 0 Å². The van der Waals surface area contributed by atoms with E-state index in [4.69, 9.17) is 9.47 Å². The Morgan fingerprint density at radius 2 is 1.75 bits per heavy atom. The predicted octanol–water partition coefficient (Wildman–Crippen LogP) is 3.35. The zero-order chi connectivity index (χ0) is 23.0. The fourth-order valence-electron chi connectivity index (χ4n) is 2.95. The van der Waals surface area contributed by atoms with Crippen LogP contribution >= 0.6 is 11.3 Å². The Hall–Kier alpha value is -2.63. The van der Waals surface area contributed by atoms with Gasteiger partial charge in [-0.05, 0) is 42.5 Å². The van der Waals surface area contributed by atoms with Gasteiger partial charge in [-0.1, -0.05) is 6.07 Å². The van der Waals surface area contributed by atoms with Gasteiger partial charge in [-0.3, -0.25) is 4.79 Å². The van der Waals surface area contributed by atoms with Crippen LogP contribution < -0.4 is 5.32 Å². The average Bonchev–Trinajstić information content (AvgIpc) is 3.34. The quantitative estimate of drug-likeness (QED) is 0.457.